The van der Waals surface area contributed by atoms with E-state index in [9.17, 15) is 19.7 Å². The highest BCUT2D eigenvalue weighted by molar-refractivity contribution is 5.97. The Morgan fingerprint density at radius 3 is 2.58 bits per heavy atom. The number of carbonyl (C=O) groups is 2. The number of amides is 2. The number of rotatable bonds is 12. The number of benzene rings is 2. The molecule has 0 spiro atoms. The maximum Gasteiger partial charge on any atom is 0.272 e. The molecular formula is C22H28N6O5. The lowest BCUT2D eigenvalue weighted by Gasteiger charge is -2.16. The first-order chi connectivity index (χ1) is 15.7. The molecule has 33 heavy (non-hydrogen) atoms. The molecule has 0 unspecified atom stereocenters. The molecule has 0 bridgehead atoms. The summed E-state index contributed by atoms with van der Waals surface area (Å²) in [5.74, 6) is -0.737. The van der Waals surface area contributed by atoms with E-state index in [1.54, 1.807) is 36.4 Å². The molecule has 2 amide bonds. The van der Waals surface area contributed by atoms with Gasteiger partial charge in [-0.1, -0.05) is 24.3 Å². The summed E-state index contributed by atoms with van der Waals surface area (Å²) in [4.78, 5) is 38.9. The number of nitrogens with one attached hydrogen (secondary N) is 1. The van der Waals surface area contributed by atoms with Gasteiger partial charge in [-0.3, -0.25) is 24.7 Å². The molecule has 0 heterocycles. The zero-order chi connectivity index (χ0) is 24.4. The Bertz CT molecular complexity index is 1040. The summed E-state index contributed by atoms with van der Waals surface area (Å²) in [6, 6.07) is 10.5. The van der Waals surface area contributed by atoms with Crippen LogP contribution in [0.4, 0.5) is 5.69 Å². The zero-order valence-electron chi connectivity index (χ0n) is 18.3. The summed E-state index contributed by atoms with van der Waals surface area (Å²) >= 11 is 0. The van der Waals surface area contributed by atoms with Crippen LogP contribution >= 0.6 is 0 Å². The second kappa shape index (κ2) is 12.0. The Balaban J connectivity index is 2.01. The molecule has 0 aliphatic carbocycles. The van der Waals surface area contributed by atoms with Crippen LogP contribution in [0, 0.1) is 17.0 Å². The van der Waals surface area contributed by atoms with Gasteiger partial charge < -0.3 is 27.3 Å². The number of primary amides is 1. The minimum absolute atomic E-state index is 0.0308. The standard InChI is InChI=1S/C22H28N6O5/c1-14-8-9-16(21(30)27-17(20(23)29)6-4-11-26-22(24)25)13-19(14)33-12-10-15-5-2-3-7-18(15)28(31)32/h2-3,5,7-9,13,17H,4,6,10-12H2,1H3,(H2,23,29)(H,27,30)(H4,24,25,26)/t17-/m0/s1. The van der Waals surface area contributed by atoms with Crippen LogP contribution in [0.15, 0.2) is 47.5 Å². The van der Waals surface area contributed by atoms with Crippen molar-refractivity contribution in [2.45, 2.75) is 32.2 Å². The number of nitro benzene ring substituents is 1. The molecule has 0 aliphatic heterocycles. The number of para-hydroxylation sites is 1. The molecule has 0 fully saturated rings. The van der Waals surface area contributed by atoms with Crippen LogP contribution in [0.2, 0.25) is 0 Å². The smallest absolute Gasteiger partial charge is 0.272 e. The molecular weight excluding hydrogens is 428 g/mol. The maximum atomic E-state index is 12.7. The molecule has 0 radical (unpaired) electrons. The maximum absolute atomic E-state index is 12.7. The van der Waals surface area contributed by atoms with E-state index in [-0.39, 0.29) is 30.2 Å². The van der Waals surface area contributed by atoms with Gasteiger partial charge in [-0.25, -0.2) is 0 Å². The minimum Gasteiger partial charge on any atom is -0.493 e. The number of nitrogens with two attached hydrogens (primary N) is 3. The lowest BCUT2D eigenvalue weighted by Crippen LogP contribution is -2.44. The van der Waals surface area contributed by atoms with E-state index in [4.69, 9.17) is 21.9 Å². The van der Waals surface area contributed by atoms with Crippen LogP contribution in [0.1, 0.15) is 34.3 Å². The fourth-order valence-corrected chi connectivity index (χ4v) is 3.10. The number of nitrogens with zero attached hydrogens (tertiary/aromatic N) is 2. The molecule has 2 aromatic carbocycles. The first kappa shape index (κ1) is 25.1. The van der Waals surface area contributed by atoms with Crippen molar-refractivity contribution in [2.75, 3.05) is 13.2 Å². The minimum atomic E-state index is -0.879. The van der Waals surface area contributed by atoms with Gasteiger partial charge in [-0.05, 0) is 37.5 Å². The quantitative estimate of drug-likeness (QED) is 0.121. The Kier molecular flexibility index (Phi) is 9.16. The van der Waals surface area contributed by atoms with Crippen LogP contribution in [0.25, 0.3) is 0 Å². The lowest BCUT2D eigenvalue weighted by molar-refractivity contribution is -0.385. The third kappa shape index (κ3) is 7.80. The summed E-state index contributed by atoms with van der Waals surface area (Å²) in [6.07, 6.45) is 1.06. The van der Waals surface area contributed by atoms with E-state index in [2.05, 4.69) is 10.3 Å². The molecule has 11 heteroatoms. The molecule has 2 aromatic rings. The lowest BCUT2D eigenvalue weighted by atomic mass is 10.1. The van der Waals surface area contributed by atoms with Crippen molar-refractivity contribution in [1.82, 2.24) is 5.32 Å². The van der Waals surface area contributed by atoms with Crippen LogP contribution in [0.5, 0.6) is 5.75 Å². The number of ether oxygens (including phenoxy) is 1. The highest BCUT2D eigenvalue weighted by atomic mass is 16.6. The summed E-state index contributed by atoms with van der Waals surface area (Å²) in [5, 5.41) is 13.8. The Hall–Kier alpha value is -4.15. The summed E-state index contributed by atoms with van der Waals surface area (Å²) in [6.45, 7) is 2.31. The number of carbonyl (C=O) groups excluding carboxylic acids is 2. The predicted molar refractivity (Wildman–Crippen MR) is 124 cm³/mol. The summed E-state index contributed by atoms with van der Waals surface area (Å²) in [5.41, 5.74) is 17.6. The van der Waals surface area contributed by atoms with E-state index in [1.807, 2.05) is 6.92 Å². The molecule has 0 saturated heterocycles. The van der Waals surface area contributed by atoms with Gasteiger partial charge in [-0.2, -0.15) is 0 Å². The first-order valence-corrected chi connectivity index (χ1v) is 10.3. The topological polar surface area (TPSA) is 189 Å². The Labute approximate surface area is 191 Å². The number of aliphatic imine (C=N–C) groups is 1. The van der Waals surface area contributed by atoms with E-state index in [1.165, 1.54) is 6.07 Å². The molecule has 7 N–H and O–H groups in total. The average Bonchev–Trinajstić information content (AvgIpc) is 2.76. The Morgan fingerprint density at radius 2 is 1.91 bits per heavy atom. The molecule has 0 aromatic heterocycles. The summed E-state index contributed by atoms with van der Waals surface area (Å²) in [7, 11) is 0. The van der Waals surface area contributed by atoms with Crippen LogP contribution < -0.4 is 27.3 Å². The van der Waals surface area contributed by atoms with E-state index >= 15 is 0 Å². The van der Waals surface area contributed by atoms with Crippen molar-refractivity contribution in [3.8, 4) is 5.75 Å². The first-order valence-electron chi connectivity index (χ1n) is 10.3. The van der Waals surface area contributed by atoms with E-state index < -0.39 is 22.8 Å². The van der Waals surface area contributed by atoms with Gasteiger partial charge in [0.05, 0.1) is 11.5 Å². The van der Waals surface area contributed by atoms with Crippen LogP contribution in [-0.4, -0.2) is 41.9 Å². The second-order valence-electron chi connectivity index (χ2n) is 7.34. The predicted octanol–water partition coefficient (Wildman–Crippen LogP) is 1.16. The van der Waals surface area contributed by atoms with Crippen molar-refractivity contribution in [3.05, 3.63) is 69.3 Å². The van der Waals surface area contributed by atoms with E-state index in [0.29, 0.717) is 30.7 Å². The zero-order valence-corrected chi connectivity index (χ0v) is 18.3. The van der Waals surface area contributed by atoms with Gasteiger partial charge in [0.25, 0.3) is 11.6 Å². The number of aryl methyl sites for hydroxylation is 1. The largest absolute Gasteiger partial charge is 0.493 e. The molecule has 11 nitrogen and oxygen atoms in total. The molecule has 2 rings (SSSR count). The summed E-state index contributed by atoms with van der Waals surface area (Å²) < 4.78 is 5.79. The normalized spacial score (nSPS) is 11.3. The van der Waals surface area contributed by atoms with Gasteiger partial charge in [0, 0.05) is 30.2 Å². The third-order valence-electron chi connectivity index (χ3n) is 4.86. The molecule has 176 valence electrons. The Morgan fingerprint density at radius 1 is 1.18 bits per heavy atom. The van der Waals surface area contributed by atoms with Gasteiger partial charge in [-0.15, -0.1) is 0 Å². The van der Waals surface area contributed by atoms with Crippen LogP contribution in [0.3, 0.4) is 0 Å². The monoisotopic (exact) mass is 456 g/mol. The number of nitro groups is 1. The van der Waals surface area contributed by atoms with Gasteiger partial charge in [0.2, 0.25) is 5.91 Å². The van der Waals surface area contributed by atoms with Crippen molar-refractivity contribution >= 4 is 23.5 Å². The van der Waals surface area contributed by atoms with Crippen LogP contribution in [-0.2, 0) is 11.2 Å². The van der Waals surface area contributed by atoms with Crippen molar-refractivity contribution in [1.29, 1.82) is 0 Å². The van der Waals surface area contributed by atoms with Crippen molar-refractivity contribution in [2.24, 2.45) is 22.2 Å². The van der Waals surface area contributed by atoms with Gasteiger partial charge >= 0.3 is 0 Å². The third-order valence-corrected chi connectivity index (χ3v) is 4.86. The fraction of sp³-hybridized carbons (Fsp3) is 0.318. The van der Waals surface area contributed by atoms with E-state index in [0.717, 1.165) is 5.56 Å². The SMILES string of the molecule is Cc1ccc(C(=O)N[C@@H](CCCN=C(N)N)C(N)=O)cc1OCCc1ccccc1[N+](=O)[O-]. The molecule has 0 saturated carbocycles. The second-order valence-corrected chi connectivity index (χ2v) is 7.34. The van der Waals surface area contributed by atoms with Crippen molar-refractivity contribution < 1.29 is 19.2 Å². The van der Waals surface area contributed by atoms with Crippen molar-refractivity contribution in [3.63, 3.8) is 0 Å². The number of hydrogen-bond donors (Lipinski definition) is 4. The van der Waals surface area contributed by atoms with Gasteiger partial charge in [0.1, 0.15) is 11.8 Å². The molecule has 1 atom stereocenters. The number of guanidine groups is 1. The number of hydrogen-bond acceptors (Lipinski definition) is 6. The highest BCUT2D eigenvalue weighted by Crippen LogP contribution is 2.22. The molecule has 0 aliphatic rings. The average molecular weight is 457 g/mol. The highest BCUT2D eigenvalue weighted by Gasteiger charge is 2.19. The van der Waals surface area contributed by atoms with Gasteiger partial charge in [0.15, 0.2) is 5.96 Å². The fourth-order valence-electron chi connectivity index (χ4n) is 3.10.